The number of nitrogens with zero attached hydrogens (tertiary/aromatic N) is 10. The Balaban J connectivity index is 1.39. The van der Waals surface area contributed by atoms with Gasteiger partial charge in [0.25, 0.3) is 0 Å². The molecule has 0 unspecified atom stereocenters. The second-order valence-electron chi connectivity index (χ2n) is 8.56. The fourth-order valence-corrected chi connectivity index (χ4v) is 4.58. The summed E-state index contributed by atoms with van der Waals surface area (Å²) in [6.07, 6.45) is 10.7. The van der Waals surface area contributed by atoms with Crippen molar-refractivity contribution in [2.75, 3.05) is 0 Å². The molecule has 0 aliphatic rings. The molecule has 0 bridgehead atoms. The molecule has 0 saturated heterocycles. The van der Waals surface area contributed by atoms with Gasteiger partial charge in [-0.05, 0) is 35.9 Å². The van der Waals surface area contributed by atoms with E-state index in [0.29, 0.717) is 33.7 Å². The maximum absolute atomic E-state index is 15.3. The Bertz CT molecular complexity index is 1760. The number of benzene rings is 1. The van der Waals surface area contributed by atoms with Gasteiger partial charge in [0.2, 0.25) is 0 Å². The Hall–Kier alpha value is -4.56. The molecule has 6 rings (SSSR count). The number of alkyl halides is 2. The third kappa shape index (κ3) is 4.82. The average molecular weight is 587 g/mol. The van der Waals surface area contributed by atoms with Gasteiger partial charge in [-0.1, -0.05) is 28.1 Å². The molecule has 1 atom stereocenters. The number of halogens is 5. The predicted molar refractivity (Wildman–Crippen MR) is 136 cm³/mol. The summed E-state index contributed by atoms with van der Waals surface area (Å²) < 4.78 is 47.3. The summed E-state index contributed by atoms with van der Waals surface area (Å²) in [5, 5.41) is 22.4. The second-order valence-corrected chi connectivity index (χ2v) is 9.35. The van der Waals surface area contributed by atoms with Crippen molar-refractivity contribution < 1.29 is 17.9 Å². The standard InChI is InChI=1S/C24H16Cl2F3N11/c25-16-3-5-18(39-13-21(26)34-36-39)22(23(16)27)14-2-4-17(30-8-14)20(12-37-7-1-6-32-37)38-11-15(9-33-38)19-10-31-35-40(19)24(28)29/h1-11,13,20,24H,12H2/p+1/t20-/m0/s1. The van der Waals surface area contributed by atoms with Crippen molar-refractivity contribution >= 4 is 23.2 Å². The topological polar surface area (TPSA) is 112 Å². The van der Waals surface area contributed by atoms with E-state index >= 15 is 4.39 Å². The highest BCUT2D eigenvalue weighted by molar-refractivity contribution is 6.31. The Labute approximate surface area is 233 Å². The summed E-state index contributed by atoms with van der Waals surface area (Å²) in [6, 6.07) is 7.78. The van der Waals surface area contributed by atoms with Gasteiger partial charge in [0.05, 0.1) is 46.0 Å². The highest BCUT2D eigenvalue weighted by Crippen LogP contribution is 2.32. The van der Waals surface area contributed by atoms with Gasteiger partial charge in [0.1, 0.15) is 6.04 Å². The molecule has 0 spiro atoms. The molecule has 0 saturated carbocycles. The van der Waals surface area contributed by atoms with Gasteiger partial charge < -0.3 is 0 Å². The first-order valence-corrected chi connectivity index (χ1v) is 12.4. The summed E-state index contributed by atoms with van der Waals surface area (Å²) in [5.41, 5.74) is 2.13. The van der Waals surface area contributed by atoms with Crippen LogP contribution in [-0.4, -0.2) is 49.9 Å². The molecular formula is C24H17Cl2F3N11+. The Morgan fingerprint density at radius 3 is 2.60 bits per heavy atom. The SMILES string of the molecule is Fc1c(Cl)ccc(-[n+]2cc(Cl)n[nH]2)c1-c1ccc([C@H](Cn2cccn2)n2cc(-c3cnnn3C(F)F)cn2)nc1. The average Bonchev–Trinajstić information content (AvgIpc) is 3.76. The summed E-state index contributed by atoms with van der Waals surface area (Å²) in [7, 11) is 0. The molecule has 11 nitrogen and oxygen atoms in total. The van der Waals surface area contributed by atoms with Crippen molar-refractivity contribution in [1.29, 1.82) is 0 Å². The number of hydrogen-bond acceptors (Lipinski definition) is 6. The lowest BCUT2D eigenvalue weighted by Gasteiger charge is -2.18. The molecule has 0 amide bonds. The van der Waals surface area contributed by atoms with Crippen LogP contribution < -0.4 is 4.68 Å². The number of hydrogen-bond donors (Lipinski definition) is 1. The summed E-state index contributed by atoms with van der Waals surface area (Å²) in [6.45, 7) is -2.53. The minimum Gasteiger partial charge on any atom is -0.270 e. The lowest BCUT2D eigenvalue weighted by Crippen LogP contribution is -2.33. The molecule has 0 aliphatic carbocycles. The van der Waals surface area contributed by atoms with E-state index in [-0.39, 0.29) is 21.4 Å². The van der Waals surface area contributed by atoms with Crippen LogP contribution in [0.5, 0.6) is 0 Å². The van der Waals surface area contributed by atoms with E-state index in [2.05, 4.69) is 35.8 Å². The number of rotatable bonds is 8. The predicted octanol–water partition coefficient (Wildman–Crippen LogP) is 4.53. The zero-order chi connectivity index (χ0) is 27.8. The van der Waals surface area contributed by atoms with Crippen LogP contribution in [0.2, 0.25) is 10.2 Å². The molecule has 1 N–H and O–H groups in total. The fraction of sp³-hybridized carbons (Fsp3) is 0.125. The molecule has 5 aromatic heterocycles. The summed E-state index contributed by atoms with van der Waals surface area (Å²) in [4.78, 5) is 4.62. The van der Waals surface area contributed by atoms with Crippen molar-refractivity contribution in [1.82, 2.24) is 49.9 Å². The van der Waals surface area contributed by atoms with Crippen LogP contribution in [0, 0.1) is 5.82 Å². The van der Waals surface area contributed by atoms with Crippen LogP contribution in [0.15, 0.2) is 73.7 Å². The van der Waals surface area contributed by atoms with Crippen molar-refractivity contribution in [2.45, 2.75) is 19.1 Å². The molecule has 5 heterocycles. The lowest BCUT2D eigenvalue weighted by molar-refractivity contribution is -0.659. The van der Waals surface area contributed by atoms with Gasteiger partial charge in [0, 0.05) is 35.9 Å². The Kier molecular flexibility index (Phi) is 6.77. The number of H-pyrrole nitrogens is 1. The number of aromatic nitrogens is 11. The van der Waals surface area contributed by atoms with E-state index in [9.17, 15) is 8.78 Å². The third-order valence-corrected chi connectivity index (χ3v) is 6.62. The van der Waals surface area contributed by atoms with E-state index < -0.39 is 18.4 Å². The smallest absolute Gasteiger partial charge is 0.270 e. The van der Waals surface area contributed by atoms with E-state index in [0.717, 1.165) is 0 Å². The molecule has 40 heavy (non-hydrogen) atoms. The van der Waals surface area contributed by atoms with Crippen molar-refractivity contribution in [3.63, 3.8) is 0 Å². The number of nitrogens with one attached hydrogen (secondary N) is 1. The second kappa shape index (κ2) is 10.5. The normalized spacial score (nSPS) is 12.3. The van der Waals surface area contributed by atoms with Gasteiger partial charge in [0.15, 0.2) is 17.7 Å². The van der Waals surface area contributed by atoms with Crippen LogP contribution in [0.25, 0.3) is 28.1 Å². The van der Waals surface area contributed by atoms with Crippen LogP contribution in [0.1, 0.15) is 18.3 Å². The molecule has 6 aromatic rings. The van der Waals surface area contributed by atoms with E-state index in [1.165, 1.54) is 35.5 Å². The van der Waals surface area contributed by atoms with Gasteiger partial charge in [-0.25, -0.2) is 4.39 Å². The molecular weight excluding hydrogens is 570 g/mol. The van der Waals surface area contributed by atoms with Crippen LogP contribution in [0.4, 0.5) is 13.2 Å². The molecule has 1 aromatic carbocycles. The zero-order valence-electron chi connectivity index (χ0n) is 20.2. The van der Waals surface area contributed by atoms with Gasteiger partial charge in [-0.15, -0.1) is 9.78 Å². The van der Waals surface area contributed by atoms with Crippen LogP contribution >= 0.6 is 23.2 Å². The van der Waals surface area contributed by atoms with E-state index in [1.807, 2.05) is 0 Å². The van der Waals surface area contributed by atoms with Gasteiger partial charge in [-0.3, -0.25) is 14.3 Å². The minimum absolute atomic E-state index is 0.0628. The highest BCUT2D eigenvalue weighted by atomic mass is 35.5. The Morgan fingerprint density at radius 2 is 1.90 bits per heavy atom. The first-order chi connectivity index (χ1) is 19.4. The van der Waals surface area contributed by atoms with Crippen molar-refractivity contribution in [2.24, 2.45) is 0 Å². The molecule has 202 valence electrons. The Morgan fingerprint density at radius 1 is 1.02 bits per heavy atom. The highest BCUT2D eigenvalue weighted by Gasteiger charge is 2.24. The van der Waals surface area contributed by atoms with E-state index in [4.69, 9.17) is 23.2 Å². The first-order valence-electron chi connectivity index (χ1n) is 11.7. The molecule has 0 aliphatic heterocycles. The van der Waals surface area contributed by atoms with Crippen LogP contribution in [0.3, 0.4) is 0 Å². The van der Waals surface area contributed by atoms with Crippen molar-refractivity contribution in [3.05, 3.63) is 95.4 Å². The quantitative estimate of drug-likeness (QED) is 0.262. The maximum Gasteiger partial charge on any atom is 0.335 e. The molecule has 0 radical (unpaired) electrons. The minimum atomic E-state index is -2.86. The van der Waals surface area contributed by atoms with E-state index in [1.54, 1.807) is 52.2 Å². The lowest BCUT2D eigenvalue weighted by atomic mass is 10.0. The van der Waals surface area contributed by atoms with Gasteiger partial charge >= 0.3 is 11.7 Å². The molecule has 16 heteroatoms. The number of pyridine rings is 1. The van der Waals surface area contributed by atoms with Crippen LogP contribution in [-0.2, 0) is 6.54 Å². The maximum atomic E-state index is 15.3. The number of aromatic amines is 1. The third-order valence-electron chi connectivity index (χ3n) is 6.14. The largest absolute Gasteiger partial charge is 0.335 e. The van der Waals surface area contributed by atoms with Gasteiger partial charge in [-0.2, -0.15) is 23.7 Å². The zero-order valence-corrected chi connectivity index (χ0v) is 21.7. The fourth-order valence-electron chi connectivity index (χ4n) is 4.29. The summed E-state index contributed by atoms with van der Waals surface area (Å²) in [5.74, 6) is -0.638. The molecule has 0 fully saturated rings. The monoisotopic (exact) mass is 586 g/mol. The first kappa shape index (κ1) is 25.7. The summed E-state index contributed by atoms with van der Waals surface area (Å²) >= 11 is 12.1. The van der Waals surface area contributed by atoms with Crippen molar-refractivity contribution in [3.8, 4) is 28.1 Å².